The van der Waals surface area contributed by atoms with Crippen LogP contribution in [0.15, 0.2) is 0 Å². The summed E-state index contributed by atoms with van der Waals surface area (Å²) in [5.41, 5.74) is 5.01. The molecule has 0 radical (unpaired) electrons. The normalized spacial score (nSPS) is 16.7. The fourth-order valence-electron chi connectivity index (χ4n) is 1.32. The molecule has 0 saturated heterocycles. The highest BCUT2D eigenvalue weighted by molar-refractivity contribution is 5.73. The topological polar surface area (TPSA) is 43.1 Å². The molecular weight excluding hydrogens is 138 g/mol. The van der Waals surface area contributed by atoms with Crippen molar-refractivity contribution in [2.45, 2.75) is 44.9 Å². The maximum Gasteiger partial charge on any atom is 0.217 e. The van der Waals surface area contributed by atoms with Crippen LogP contribution in [0.1, 0.15) is 44.9 Å². The molecule has 0 aromatic rings. The third-order valence-corrected chi connectivity index (χ3v) is 2.23. The van der Waals surface area contributed by atoms with E-state index in [1.54, 1.807) is 0 Å². The van der Waals surface area contributed by atoms with Gasteiger partial charge < -0.3 is 5.73 Å². The van der Waals surface area contributed by atoms with Gasteiger partial charge in [-0.15, -0.1) is 0 Å². The van der Waals surface area contributed by atoms with Crippen LogP contribution in [0.5, 0.6) is 0 Å². The van der Waals surface area contributed by atoms with Crippen molar-refractivity contribution in [1.82, 2.24) is 0 Å². The quantitative estimate of drug-likeness (QED) is 0.584. The molecule has 11 heavy (non-hydrogen) atoms. The van der Waals surface area contributed by atoms with Crippen molar-refractivity contribution in [3.63, 3.8) is 0 Å². The van der Waals surface area contributed by atoms with Gasteiger partial charge in [0.25, 0.3) is 0 Å². The summed E-state index contributed by atoms with van der Waals surface area (Å²) in [5.74, 6) is 0.875. The van der Waals surface area contributed by atoms with E-state index in [1.807, 2.05) is 0 Å². The molecule has 2 nitrogen and oxygen atoms in total. The first-order chi connectivity index (χ1) is 5.29. The van der Waals surface area contributed by atoms with Gasteiger partial charge in [-0.3, -0.25) is 4.79 Å². The fourth-order valence-corrected chi connectivity index (χ4v) is 1.32. The minimum absolute atomic E-state index is 0.156. The van der Waals surface area contributed by atoms with E-state index in [0.717, 1.165) is 12.3 Å². The molecule has 2 N–H and O–H groups in total. The smallest absolute Gasteiger partial charge is 0.217 e. The number of amides is 1. The number of hydrogen-bond donors (Lipinski definition) is 1. The van der Waals surface area contributed by atoms with E-state index in [9.17, 15) is 4.79 Å². The second-order valence-corrected chi connectivity index (χ2v) is 3.51. The molecule has 0 bridgehead atoms. The Bertz CT molecular complexity index is 130. The van der Waals surface area contributed by atoms with E-state index in [0.29, 0.717) is 6.42 Å². The molecule has 1 rings (SSSR count). The molecule has 0 unspecified atom stereocenters. The predicted molar refractivity (Wildman–Crippen MR) is 45.0 cm³/mol. The number of rotatable bonds is 6. The Morgan fingerprint density at radius 1 is 1.27 bits per heavy atom. The zero-order chi connectivity index (χ0) is 8.10. The lowest BCUT2D eigenvalue weighted by molar-refractivity contribution is -0.118. The Hall–Kier alpha value is -0.530. The predicted octanol–water partition coefficient (Wildman–Crippen LogP) is 1.83. The van der Waals surface area contributed by atoms with E-state index in [2.05, 4.69) is 0 Å². The number of nitrogens with two attached hydrogens (primary N) is 1. The van der Waals surface area contributed by atoms with Gasteiger partial charge in [0.05, 0.1) is 0 Å². The summed E-state index contributed by atoms with van der Waals surface area (Å²) < 4.78 is 0. The van der Waals surface area contributed by atoms with Crippen molar-refractivity contribution >= 4 is 5.91 Å². The lowest BCUT2D eigenvalue weighted by atomic mass is 10.1. The number of unbranched alkanes of at least 4 members (excludes halogenated alkanes) is 2. The van der Waals surface area contributed by atoms with Gasteiger partial charge in [-0.05, 0) is 12.3 Å². The largest absolute Gasteiger partial charge is 0.370 e. The van der Waals surface area contributed by atoms with E-state index < -0.39 is 0 Å². The maximum atomic E-state index is 10.3. The molecule has 64 valence electrons. The number of carbonyl (C=O) groups excluding carboxylic acids is 1. The van der Waals surface area contributed by atoms with Gasteiger partial charge in [0.15, 0.2) is 0 Å². The Balaban J connectivity index is 1.76. The van der Waals surface area contributed by atoms with Crippen LogP contribution in [0.4, 0.5) is 0 Å². The van der Waals surface area contributed by atoms with E-state index in [4.69, 9.17) is 5.73 Å². The summed E-state index contributed by atoms with van der Waals surface area (Å²) >= 11 is 0. The van der Waals surface area contributed by atoms with E-state index in [1.165, 1.54) is 32.1 Å². The minimum atomic E-state index is -0.156. The van der Waals surface area contributed by atoms with Crippen molar-refractivity contribution in [2.24, 2.45) is 11.7 Å². The van der Waals surface area contributed by atoms with Gasteiger partial charge in [-0.25, -0.2) is 0 Å². The minimum Gasteiger partial charge on any atom is -0.370 e. The first-order valence-corrected chi connectivity index (χ1v) is 4.57. The van der Waals surface area contributed by atoms with Gasteiger partial charge >= 0.3 is 0 Å². The molecule has 0 atom stereocenters. The SMILES string of the molecule is NC(=O)CCCCCC1CC1. The molecule has 1 aliphatic rings. The first-order valence-electron chi connectivity index (χ1n) is 4.57. The lowest BCUT2D eigenvalue weighted by Crippen LogP contribution is -2.09. The molecular formula is C9H17NO. The second kappa shape index (κ2) is 4.37. The summed E-state index contributed by atoms with van der Waals surface area (Å²) in [4.78, 5) is 10.3. The molecule has 1 aliphatic carbocycles. The third-order valence-electron chi connectivity index (χ3n) is 2.23. The zero-order valence-corrected chi connectivity index (χ0v) is 7.01. The van der Waals surface area contributed by atoms with Crippen molar-refractivity contribution < 1.29 is 4.79 Å². The average Bonchev–Trinajstić information content (AvgIpc) is 2.70. The van der Waals surface area contributed by atoms with Crippen LogP contribution in [0.3, 0.4) is 0 Å². The van der Waals surface area contributed by atoms with Crippen LogP contribution >= 0.6 is 0 Å². The molecule has 0 aliphatic heterocycles. The highest BCUT2D eigenvalue weighted by Crippen LogP contribution is 2.33. The van der Waals surface area contributed by atoms with Crippen LogP contribution in [0, 0.1) is 5.92 Å². The Morgan fingerprint density at radius 2 is 2.00 bits per heavy atom. The van der Waals surface area contributed by atoms with Crippen LogP contribution in [-0.2, 0) is 4.79 Å². The molecule has 0 aromatic heterocycles. The summed E-state index contributed by atoms with van der Waals surface area (Å²) in [6.45, 7) is 0. The van der Waals surface area contributed by atoms with Crippen LogP contribution in [0.2, 0.25) is 0 Å². The molecule has 0 heterocycles. The molecule has 1 amide bonds. The van der Waals surface area contributed by atoms with E-state index >= 15 is 0 Å². The van der Waals surface area contributed by atoms with Gasteiger partial charge in [0.1, 0.15) is 0 Å². The standard InChI is InChI=1S/C9H17NO/c10-9(11)5-3-1-2-4-8-6-7-8/h8H,1-7H2,(H2,10,11). The number of carbonyl (C=O) groups is 1. The lowest BCUT2D eigenvalue weighted by Gasteiger charge is -1.96. The highest BCUT2D eigenvalue weighted by Gasteiger charge is 2.19. The summed E-state index contributed by atoms with van der Waals surface area (Å²) in [6, 6.07) is 0. The Labute approximate surface area is 68.2 Å². The van der Waals surface area contributed by atoms with Gasteiger partial charge in [-0.2, -0.15) is 0 Å². The van der Waals surface area contributed by atoms with Crippen LogP contribution < -0.4 is 5.73 Å². The van der Waals surface area contributed by atoms with Crippen molar-refractivity contribution in [3.05, 3.63) is 0 Å². The Morgan fingerprint density at radius 3 is 2.55 bits per heavy atom. The van der Waals surface area contributed by atoms with E-state index in [-0.39, 0.29) is 5.91 Å². The fraction of sp³-hybridized carbons (Fsp3) is 0.889. The molecule has 2 heteroatoms. The average molecular weight is 155 g/mol. The van der Waals surface area contributed by atoms with Gasteiger partial charge in [0.2, 0.25) is 5.91 Å². The van der Waals surface area contributed by atoms with Crippen LogP contribution in [-0.4, -0.2) is 5.91 Å². The van der Waals surface area contributed by atoms with Crippen LogP contribution in [0.25, 0.3) is 0 Å². The summed E-state index contributed by atoms with van der Waals surface area (Å²) in [7, 11) is 0. The molecule has 1 saturated carbocycles. The maximum absolute atomic E-state index is 10.3. The summed E-state index contributed by atoms with van der Waals surface area (Å²) in [5, 5.41) is 0. The number of primary amides is 1. The molecule has 0 spiro atoms. The Kier molecular flexibility index (Phi) is 3.40. The van der Waals surface area contributed by atoms with Crippen molar-refractivity contribution in [3.8, 4) is 0 Å². The highest BCUT2D eigenvalue weighted by atomic mass is 16.1. The zero-order valence-electron chi connectivity index (χ0n) is 7.01. The van der Waals surface area contributed by atoms with Crippen molar-refractivity contribution in [2.75, 3.05) is 0 Å². The molecule has 0 aromatic carbocycles. The second-order valence-electron chi connectivity index (χ2n) is 3.51. The van der Waals surface area contributed by atoms with Gasteiger partial charge in [0, 0.05) is 6.42 Å². The first kappa shape index (κ1) is 8.57. The summed E-state index contributed by atoms with van der Waals surface area (Å²) in [6.07, 6.45) is 8.29. The number of hydrogen-bond acceptors (Lipinski definition) is 1. The monoisotopic (exact) mass is 155 g/mol. The van der Waals surface area contributed by atoms with Gasteiger partial charge in [-0.1, -0.05) is 32.1 Å². The third kappa shape index (κ3) is 4.82. The van der Waals surface area contributed by atoms with Crippen molar-refractivity contribution in [1.29, 1.82) is 0 Å². The molecule has 1 fully saturated rings.